The predicted molar refractivity (Wildman–Crippen MR) is 131 cm³/mol. The van der Waals surface area contributed by atoms with Gasteiger partial charge in [-0.1, -0.05) is 39.0 Å². The van der Waals surface area contributed by atoms with Gasteiger partial charge >= 0.3 is 5.97 Å². The van der Waals surface area contributed by atoms with E-state index in [0.717, 1.165) is 18.4 Å². The topological polar surface area (TPSA) is 86.8 Å². The van der Waals surface area contributed by atoms with Crippen LogP contribution in [-0.2, 0) is 28.5 Å². The van der Waals surface area contributed by atoms with Gasteiger partial charge in [0.2, 0.25) is 0 Å². The summed E-state index contributed by atoms with van der Waals surface area (Å²) in [5, 5.41) is 9.97. The first-order valence-electron chi connectivity index (χ1n) is 12.5. The summed E-state index contributed by atoms with van der Waals surface area (Å²) in [6, 6.07) is 0. The van der Waals surface area contributed by atoms with Crippen LogP contribution in [0.4, 0.5) is 0 Å². The molecule has 0 saturated carbocycles. The van der Waals surface area contributed by atoms with Gasteiger partial charge in [0.15, 0.2) is 0 Å². The molecule has 0 aromatic rings. The number of ether oxygens (including phenoxy) is 5. The number of aliphatic hydroxyl groups is 1. The fraction of sp³-hybridized carbons (Fsp3) is 0.815. The van der Waals surface area contributed by atoms with Crippen molar-refractivity contribution in [2.24, 2.45) is 17.8 Å². The van der Waals surface area contributed by atoms with E-state index >= 15 is 0 Å². The maximum absolute atomic E-state index is 11.8. The zero-order valence-corrected chi connectivity index (χ0v) is 22.4. The zero-order chi connectivity index (χ0) is 25.6. The smallest absolute Gasteiger partial charge is 0.308 e. The number of epoxide rings is 1. The largest absolute Gasteiger partial charge is 0.469 e. The summed E-state index contributed by atoms with van der Waals surface area (Å²) in [5.74, 6) is 0.389. The van der Waals surface area contributed by atoms with Crippen LogP contribution < -0.4 is 0 Å². The number of esters is 1. The van der Waals surface area contributed by atoms with Gasteiger partial charge in [0.25, 0.3) is 0 Å². The summed E-state index contributed by atoms with van der Waals surface area (Å²) in [5.41, 5.74) is 0.857. The van der Waals surface area contributed by atoms with Crippen molar-refractivity contribution in [3.63, 3.8) is 0 Å². The molecule has 196 valence electrons. The molecule has 0 aromatic carbocycles. The lowest BCUT2D eigenvalue weighted by atomic mass is 9.85. The molecule has 2 saturated heterocycles. The minimum atomic E-state index is -0.535. The number of hydrogen-bond acceptors (Lipinski definition) is 7. The van der Waals surface area contributed by atoms with Crippen molar-refractivity contribution in [1.82, 2.24) is 0 Å². The average Bonchev–Trinajstić information content (AvgIpc) is 3.44. The molecule has 0 aliphatic carbocycles. The first kappa shape index (κ1) is 29.0. The molecule has 2 aliphatic heterocycles. The van der Waals surface area contributed by atoms with Gasteiger partial charge < -0.3 is 28.8 Å². The van der Waals surface area contributed by atoms with E-state index in [1.165, 1.54) is 7.11 Å². The van der Waals surface area contributed by atoms with Crippen LogP contribution in [0.2, 0.25) is 0 Å². The van der Waals surface area contributed by atoms with Gasteiger partial charge in [0, 0.05) is 20.1 Å². The molecule has 0 radical (unpaired) electrons. The van der Waals surface area contributed by atoms with Crippen LogP contribution in [0.15, 0.2) is 23.8 Å². The maximum Gasteiger partial charge on any atom is 0.308 e. The van der Waals surface area contributed by atoms with Crippen LogP contribution in [0.3, 0.4) is 0 Å². The standard InChI is InChI=1S/C27H46O7/c1-16(15-27(6)26(34-27)19(4)25(32-9)20(5)28)11-10-12-17(2)24-22(30-7)13-18(3)21(33-24)14-23(29)31-8/h10-12,16,18-22,24-26,28H,13-15H2,1-9H3/b11-10+,17-12+/t16-,18-,19-,20-,21+,22+,24-,25?,26-,27-/m1/s1. The number of carbonyl (C=O) groups excluding carboxylic acids is 1. The molecule has 0 bridgehead atoms. The molecule has 2 aliphatic rings. The molecule has 0 aromatic heterocycles. The van der Waals surface area contributed by atoms with Gasteiger partial charge in [-0.3, -0.25) is 4.79 Å². The molecule has 2 rings (SSSR count). The lowest BCUT2D eigenvalue weighted by Gasteiger charge is -2.40. The van der Waals surface area contributed by atoms with Crippen LogP contribution in [0.5, 0.6) is 0 Å². The maximum atomic E-state index is 11.8. The van der Waals surface area contributed by atoms with E-state index in [-0.39, 0.29) is 60.3 Å². The van der Waals surface area contributed by atoms with E-state index in [1.54, 1.807) is 21.1 Å². The summed E-state index contributed by atoms with van der Waals surface area (Å²) >= 11 is 0. The fourth-order valence-electron chi connectivity index (χ4n) is 5.48. The number of carbonyl (C=O) groups is 1. The summed E-state index contributed by atoms with van der Waals surface area (Å²) in [6.07, 6.45) is 7.17. The van der Waals surface area contributed by atoms with Crippen molar-refractivity contribution in [3.8, 4) is 0 Å². The highest BCUT2D eigenvalue weighted by molar-refractivity contribution is 5.69. The minimum Gasteiger partial charge on any atom is -0.469 e. The van der Waals surface area contributed by atoms with Crippen molar-refractivity contribution < 1.29 is 33.6 Å². The highest BCUT2D eigenvalue weighted by atomic mass is 16.6. The zero-order valence-electron chi connectivity index (χ0n) is 22.4. The molecule has 0 spiro atoms. The number of rotatable bonds is 12. The number of allylic oxidation sites excluding steroid dienone is 3. The van der Waals surface area contributed by atoms with E-state index < -0.39 is 6.10 Å². The molecule has 34 heavy (non-hydrogen) atoms. The van der Waals surface area contributed by atoms with Crippen LogP contribution in [0, 0.1) is 17.8 Å². The SMILES string of the molecule is COC(=O)C[C@@H]1O[C@H](/C(C)=C/C=C/[C@@H](C)C[C@@]2(C)O[C@@H]2[C@H](C)C(OC)[C@@H](C)O)[C@@H](OC)C[C@H]1C. The van der Waals surface area contributed by atoms with Crippen molar-refractivity contribution in [3.05, 3.63) is 23.8 Å². The average molecular weight is 483 g/mol. The fourth-order valence-corrected chi connectivity index (χ4v) is 5.48. The molecule has 2 fully saturated rings. The predicted octanol–water partition coefficient (Wildman–Crippen LogP) is 4.08. The van der Waals surface area contributed by atoms with Crippen LogP contribution in [0.25, 0.3) is 0 Å². The Morgan fingerprint density at radius 1 is 1.24 bits per heavy atom. The monoisotopic (exact) mass is 482 g/mol. The molecule has 2 heterocycles. The van der Waals surface area contributed by atoms with Crippen molar-refractivity contribution in [1.29, 1.82) is 0 Å². The normalized spacial score (nSPS) is 35.6. The van der Waals surface area contributed by atoms with E-state index in [0.29, 0.717) is 5.92 Å². The van der Waals surface area contributed by atoms with E-state index in [1.807, 2.05) is 6.92 Å². The molecule has 7 heteroatoms. The second-order valence-corrected chi connectivity index (χ2v) is 10.5. The van der Waals surface area contributed by atoms with E-state index in [2.05, 4.69) is 45.9 Å². The van der Waals surface area contributed by atoms with Gasteiger partial charge in [-0.25, -0.2) is 0 Å². The van der Waals surface area contributed by atoms with Crippen molar-refractivity contribution in [2.45, 2.75) is 103 Å². The molecule has 1 unspecified atom stereocenters. The Kier molecular flexibility index (Phi) is 10.8. The van der Waals surface area contributed by atoms with E-state index in [4.69, 9.17) is 23.7 Å². The Labute approximate surface area is 205 Å². The molecule has 0 amide bonds. The number of hydrogen-bond donors (Lipinski definition) is 1. The Morgan fingerprint density at radius 3 is 2.47 bits per heavy atom. The van der Waals surface area contributed by atoms with Gasteiger partial charge in [-0.15, -0.1) is 0 Å². The molecular weight excluding hydrogens is 436 g/mol. The van der Waals surface area contributed by atoms with Crippen molar-refractivity contribution in [2.75, 3.05) is 21.3 Å². The Hall–Kier alpha value is -1.25. The van der Waals surface area contributed by atoms with Gasteiger partial charge in [0.1, 0.15) is 6.10 Å². The van der Waals surface area contributed by atoms with Gasteiger partial charge in [0.05, 0.1) is 49.7 Å². The Morgan fingerprint density at radius 2 is 1.91 bits per heavy atom. The second-order valence-electron chi connectivity index (χ2n) is 10.5. The summed E-state index contributed by atoms with van der Waals surface area (Å²) in [7, 11) is 4.75. The third kappa shape index (κ3) is 7.37. The van der Waals surface area contributed by atoms with Crippen LogP contribution in [0.1, 0.15) is 60.8 Å². The second kappa shape index (κ2) is 12.6. The Bertz CT molecular complexity index is 718. The first-order valence-corrected chi connectivity index (χ1v) is 12.5. The third-order valence-corrected chi connectivity index (χ3v) is 7.46. The number of methoxy groups -OCH3 is 3. The Balaban J connectivity index is 1.96. The molecule has 1 N–H and O–H groups in total. The minimum absolute atomic E-state index is 0.0466. The molecule has 7 nitrogen and oxygen atoms in total. The summed E-state index contributed by atoms with van der Waals surface area (Å²) in [6.45, 7) is 12.3. The quantitative estimate of drug-likeness (QED) is 0.255. The lowest BCUT2D eigenvalue weighted by molar-refractivity contribution is -0.160. The van der Waals surface area contributed by atoms with Crippen LogP contribution in [-0.4, -0.2) is 74.6 Å². The highest BCUT2D eigenvalue weighted by Crippen LogP contribution is 2.47. The van der Waals surface area contributed by atoms with Crippen molar-refractivity contribution >= 4 is 5.97 Å². The molecule has 10 atom stereocenters. The first-order chi connectivity index (χ1) is 16.0. The third-order valence-electron chi connectivity index (χ3n) is 7.46. The lowest BCUT2D eigenvalue weighted by Crippen LogP contribution is -2.45. The van der Waals surface area contributed by atoms with Gasteiger partial charge in [-0.2, -0.15) is 0 Å². The van der Waals surface area contributed by atoms with Crippen LogP contribution >= 0.6 is 0 Å². The van der Waals surface area contributed by atoms with E-state index in [9.17, 15) is 9.90 Å². The summed E-state index contributed by atoms with van der Waals surface area (Å²) in [4.78, 5) is 11.8. The molecular formula is C27H46O7. The highest BCUT2D eigenvalue weighted by Gasteiger charge is 2.56. The number of aliphatic hydroxyl groups excluding tert-OH is 1. The van der Waals surface area contributed by atoms with Gasteiger partial charge in [-0.05, 0) is 51.0 Å². The summed E-state index contributed by atoms with van der Waals surface area (Å²) < 4.78 is 28.4.